The average Bonchev–Trinajstić information content (AvgIpc) is 2.98. The lowest BCUT2D eigenvalue weighted by Crippen LogP contribution is -2.43. The van der Waals surface area contributed by atoms with E-state index < -0.39 is 0 Å². The van der Waals surface area contributed by atoms with Gasteiger partial charge < -0.3 is 14.4 Å². The van der Waals surface area contributed by atoms with Gasteiger partial charge in [0.25, 0.3) is 0 Å². The molecule has 2 fully saturated rings. The first-order valence-corrected chi connectivity index (χ1v) is 8.70. The first-order valence-electron chi connectivity index (χ1n) is 8.70. The molecule has 0 N–H and O–H groups in total. The van der Waals surface area contributed by atoms with Gasteiger partial charge in [-0.2, -0.15) is 0 Å². The summed E-state index contributed by atoms with van der Waals surface area (Å²) in [5.41, 5.74) is 1.26. The van der Waals surface area contributed by atoms with E-state index in [1.165, 1.54) is 5.56 Å². The number of likely N-dealkylation sites (N-methyl/N-ethyl adjacent to an activating group) is 1. The van der Waals surface area contributed by atoms with E-state index in [-0.39, 0.29) is 24.7 Å². The third-order valence-electron chi connectivity index (χ3n) is 4.89. The van der Waals surface area contributed by atoms with Crippen LogP contribution in [0, 0.1) is 0 Å². The first-order chi connectivity index (χ1) is 11.6. The number of ether oxygens (including phenoxy) is 2. The van der Waals surface area contributed by atoms with Crippen molar-refractivity contribution in [3.05, 3.63) is 30.1 Å². The zero-order valence-corrected chi connectivity index (χ0v) is 14.6. The number of amides is 1. The molecule has 0 bridgehead atoms. The number of nitrogens with zero attached hydrogens (tertiary/aromatic N) is 3. The zero-order chi connectivity index (χ0) is 16.9. The minimum atomic E-state index is -0.00722. The van der Waals surface area contributed by atoms with Gasteiger partial charge in [0.05, 0.1) is 18.8 Å². The van der Waals surface area contributed by atoms with Gasteiger partial charge in [-0.15, -0.1) is 0 Å². The van der Waals surface area contributed by atoms with E-state index in [0.29, 0.717) is 12.6 Å². The molecular formula is C18H27N3O3. The summed E-state index contributed by atoms with van der Waals surface area (Å²) in [6.07, 6.45) is 7.33. The number of likely N-dealkylation sites (tertiary alicyclic amines) is 1. The average molecular weight is 333 g/mol. The van der Waals surface area contributed by atoms with E-state index in [9.17, 15) is 4.79 Å². The van der Waals surface area contributed by atoms with E-state index >= 15 is 0 Å². The van der Waals surface area contributed by atoms with Crippen LogP contribution < -0.4 is 0 Å². The molecule has 1 aromatic heterocycles. The molecule has 1 amide bonds. The molecule has 3 heterocycles. The van der Waals surface area contributed by atoms with Gasteiger partial charge in [0.1, 0.15) is 6.61 Å². The summed E-state index contributed by atoms with van der Waals surface area (Å²) < 4.78 is 11.7. The van der Waals surface area contributed by atoms with Crippen molar-refractivity contribution in [1.29, 1.82) is 0 Å². The molecule has 0 aromatic carbocycles. The van der Waals surface area contributed by atoms with Crippen LogP contribution in [0.3, 0.4) is 0 Å². The Bertz CT molecular complexity index is 538. The van der Waals surface area contributed by atoms with Crippen LogP contribution in [0.15, 0.2) is 24.5 Å². The maximum Gasteiger partial charge on any atom is 0.248 e. The van der Waals surface area contributed by atoms with E-state index in [1.807, 2.05) is 18.5 Å². The minimum absolute atomic E-state index is 0.00722. The van der Waals surface area contributed by atoms with Crippen molar-refractivity contribution in [2.75, 3.05) is 33.9 Å². The Kier molecular flexibility index (Phi) is 5.81. The van der Waals surface area contributed by atoms with Gasteiger partial charge in [-0.3, -0.25) is 14.7 Å². The zero-order valence-electron chi connectivity index (χ0n) is 14.6. The van der Waals surface area contributed by atoms with Gasteiger partial charge in [-0.1, -0.05) is 6.07 Å². The first kappa shape index (κ1) is 17.3. The fraction of sp³-hybridized carbons (Fsp3) is 0.667. The normalized spacial score (nSPS) is 27.0. The third kappa shape index (κ3) is 4.32. The van der Waals surface area contributed by atoms with Crippen LogP contribution in [0.25, 0.3) is 0 Å². The van der Waals surface area contributed by atoms with Gasteiger partial charge in [0, 0.05) is 45.6 Å². The number of carbonyl (C=O) groups excluding carboxylic acids is 1. The molecule has 0 aliphatic carbocycles. The van der Waals surface area contributed by atoms with Crippen LogP contribution >= 0.6 is 0 Å². The summed E-state index contributed by atoms with van der Waals surface area (Å²) >= 11 is 0. The van der Waals surface area contributed by atoms with Crippen LogP contribution in [0.4, 0.5) is 0 Å². The van der Waals surface area contributed by atoms with Crippen LogP contribution in [0.5, 0.6) is 0 Å². The number of hydrogen-bond donors (Lipinski definition) is 0. The van der Waals surface area contributed by atoms with Crippen molar-refractivity contribution in [2.45, 2.75) is 44.1 Å². The molecule has 2 saturated heterocycles. The predicted octanol–water partition coefficient (Wildman–Crippen LogP) is 1.31. The third-order valence-corrected chi connectivity index (χ3v) is 4.89. The van der Waals surface area contributed by atoms with Crippen molar-refractivity contribution in [1.82, 2.24) is 14.8 Å². The van der Waals surface area contributed by atoms with E-state index in [1.54, 1.807) is 19.0 Å². The quantitative estimate of drug-likeness (QED) is 0.786. The number of carbonyl (C=O) groups is 1. The van der Waals surface area contributed by atoms with Crippen molar-refractivity contribution < 1.29 is 14.3 Å². The summed E-state index contributed by atoms with van der Waals surface area (Å²) in [5, 5.41) is 0. The highest BCUT2D eigenvalue weighted by atomic mass is 16.5. The molecule has 6 nitrogen and oxygen atoms in total. The lowest BCUT2D eigenvalue weighted by atomic mass is 9.99. The highest BCUT2D eigenvalue weighted by molar-refractivity contribution is 5.76. The van der Waals surface area contributed by atoms with Crippen LogP contribution in [-0.4, -0.2) is 72.8 Å². The number of fused-ring (bicyclic) bond motifs is 1. The van der Waals surface area contributed by atoms with Crippen molar-refractivity contribution in [3.63, 3.8) is 0 Å². The molecule has 132 valence electrons. The predicted molar refractivity (Wildman–Crippen MR) is 90.5 cm³/mol. The summed E-state index contributed by atoms with van der Waals surface area (Å²) in [6, 6.07) is 4.61. The van der Waals surface area contributed by atoms with Crippen LogP contribution in [-0.2, 0) is 20.8 Å². The lowest BCUT2D eigenvalue weighted by Gasteiger charge is -2.36. The molecule has 0 spiro atoms. The lowest BCUT2D eigenvalue weighted by molar-refractivity contribution is -0.138. The Morgan fingerprint density at radius 2 is 2.29 bits per heavy atom. The Morgan fingerprint density at radius 3 is 3.04 bits per heavy atom. The van der Waals surface area contributed by atoms with E-state index in [0.717, 1.165) is 32.4 Å². The maximum atomic E-state index is 11.5. The standard InChI is InChI=1S/C18H27N3O3/c1-20(2)18(22)13-23-12-15-5-6-16-17(24-15)7-9-21(16)11-14-4-3-8-19-10-14/h3-4,8,10,15-17H,5-7,9,11-13H2,1-2H3/t15-,16-,17-/m0/s1. The minimum Gasteiger partial charge on any atom is -0.371 e. The van der Waals surface area contributed by atoms with Crippen LogP contribution in [0.1, 0.15) is 24.8 Å². The molecule has 2 aliphatic rings. The van der Waals surface area contributed by atoms with Gasteiger partial charge in [0.2, 0.25) is 5.91 Å². The second-order valence-electron chi connectivity index (χ2n) is 6.86. The highest BCUT2D eigenvalue weighted by Gasteiger charge is 2.39. The van der Waals surface area contributed by atoms with Gasteiger partial charge in [0.15, 0.2) is 0 Å². The number of pyridine rings is 1. The Balaban J connectivity index is 1.44. The maximum absolute atomic E-state index is 11.5. The van der Waals surface area contributed by atoms with Gasteiger partial charge >= 0.3 is 0 Å². The van der Waals surface area contributed by atoms with Gasteiger partial charge in [-0.05, 0) is 30.9 Å². The smallest absolute Gasteiger partial charge is 0.248 e. The summed E-state index contributed by atoms with van der Waals surface area (Å²) in [4.78, 5) is 19.8. The van der Waals surface area contributed by atoms with Crippen molar-refractivity contribution in [3.8, 4) is 0 Å². The number of hydrogen-bond acceptors (Lipinski definition) is 5. The Morgan fingerprint density at radius 1 is 1.42 bits per heavy atom. The summed E-state index contributed by atoms with van der Waals surface area (Å²) in [6.45, 7) is 2.65. The van der Waals surface area contributed by atoms with Crippen molar-refractivity contribution >= 4 is 5.91 Å². The number of aromatic nitrogens is 1. The van der Waals surface area contributed by atoms with E-state index in [4.69, 9.17) is 9.47 Å². The molecule has 24 heavy (non-hydrogen) atoms. The second kappa shape index (κ2) is 8.05. The fourth-order valence-corrected chi connectivity index (χ4v) is 3.54. The molecule has 3 rings (SSSR count). The topological polar surface area (TPSA) is 54.9 Å². The molecule has 0 radical (unpaired) electrons. The molecular weight excluding hydrogens is 306 g/mol. The van der Waals surface area contributed by atoms with E-state index in [2.05, 4.69) is 16.0 Å². The molecule has 0 unspecified atom stereocenters. The largest absolute Gasteiger partial charge is 0.371 e. The summed E-state index contributed by atoms with van der Waals surface area (Å²) in [7, 11) is 3.48. The number of rotatable bonds is 6. The Hall–Kier alpha value is -1.50. The molecule has 2 aliphatic heterocycles. The van der Waals surface area contributed by atoms with Gasteiger partial charge in [-0.25, -0.2) is 0 Å². The Labute approximate surface area is 143 Å². The summed E-state index contributed by atoms with van der Waals surface area (Å²) in [5.74, 6) is -0.00722. The fourth-order valence-electron chi connectivity index (χ4n) is 3.54. The van der Waals surface area contributed by atoms with Crippen LogP contribution in [0.2, 0.25) is 0 Å². The molecule has 0 saturated carbocycles. The second-order valence-corrected chi connectivity index (χ2v) is 6.86. The van der Waals surface area contributed by atoms with Crippen molar-refractivity contribution in [2.24, 2.45) is 0 Å². The SMILES string of the molecule is CN(C)C(=O)COC[C@@H]1CC[C@H]2[C@H](CCN2Cc2cccnc2)O1. The molecule has 3 atom stereocenters. The molecule has 1 aromatic rings. The molecule has 6 heteroatoms. The highest BCUT2D eigenvalue weighted by Crippen LogP contribution is 2.32. The monoisotopic (exact) mass is 333 g/mol.